The number of amides is 1. The number of hydrogen-bond acceptors (Lipinski definition) is 3. The number of nitrogens with zero attached hydrogens (tertiary/aromatic N) is 1. The van der Waals surface area contributed by atoms with Crippen LogP contribution in [0.25, 0.3) is 0 Å². The number of carbonyl (C=O) groups is 2. The van der Waals surface area contributed by atoms with Crippen molar-refractivity contribution in [3.63, 3.8) is 0 Å². The molecule has 150 valence electrons. The number of carboxylic acids is 1. The maximum atomic E-state index is 12.9. The summed E-state index contributed by atoms with van der Waals surface area (Å²) in [5.41, 5.74) is 1.84. The van der Waals surface area contributed by atoms with Gasteiger partial charge in [-0.1, -0.05) is 56.3 Å². The average Bonchev–Trinajstić information content (AvgIpc) is 2.67. The molecule has 0 unspecified atom stereocenters. The van der Waals surface area contributed by atoms with Crippen molar-refractivity contribution in [3.8, 4) is 5.75 Å². The summed E-state index contributed by atoms with van der Waals surface area (Å²) < 4.78 is 5.13. The molecule has 0 aromatic heterocycles. The van der Waals surface area contributed by atoms with Gasteiger partial charge in [-0.15, -0.1) is 0 Å². The molecule has 0 atom stereocenters. The Hall–Kier alpha value is -2.82. The quantitative estimate of drug-likeness (QED) is 0.669. The first kappa shape index (κ1) is 21.5. The third-order valence-corrected chi connectivity index (χ3v) is 4.74. The molecule has 0 spiro atoms. The van der Waals surface area contributed by atoms with E-state index in [-0.39, 0.29) is 12.5 Å². The van der Waals surface area contributed by atoms with Gasteiger partial charge < -0.3 is 14.7 Å². The van der Waals surface area contributed by atoms with Crippen molar-refractivity contribution >= 4 is 11.9 Å². The maximum Gasteiger partial charge on any atom is 0.341 e. The number of carbonyl (C=O) groups excluding carboxylic acids is 1. The minimum Gasteiger partial charge on any atom is -0.482 e. The largest absolute Gasteiger partial charge is 0.482 e. The van der Waals surface area contributed by atoms with Gasteiger partial charge in [-0.3, -0.25) is 4.79 Å². The van der Waals surface area contributed by atoms with E-state index in [1.165, 1.54) is 5.56 Å². The van der Waals surface area contributed by atoms with Crippen LogP contribution in [0.1, 0.15) is 37.8 Å². The van der Waals surface area contributed by atoms with E-state index >= 15 is 0 Å². The maximum absolute atomic E-state index is 12.9. The molecular formula is C23H29NO4. The van der Waals surface area contributed by atoms with Crippen LogP contribution >= 0.6 is 0 Å². The van der Waals surface area contributed by atoms with Crippen molar-refractivity contribution in [2.24, 2.45) is 5.41 Å². The Morgan fingerprint density at radius 3 is 2.25 bits per heavy atom. The van der Waals surface area contributed by atoms with E-state index in [1.54, 1.807) is 17.0 Å². The normalized spacial score (nSPS) is 11.1. The highest BCUT2D eigenvalue weighted by Crippen LogP contribution is 2.27. The topological polar surface area (TPSA) is 66.8 Å². The lowest BCUT2D eigenvalue weighted by Gasteiger charge is -2.29. The molecule has 0 fully saturated rings. The Balaban J connectivity index is 1.85. The van der Waals surface area contributed by atoms with Crippen molar-refractivity contribution in [1.29, 1.82) is 0 Å². The summed E-state index contributed by atoms with van der Waals surface area (Å²) in [5, 5.41) is 8.64. The van der Waals surface area contributed by atoms with Gasteiger partial charge in [-0.25, -0.2) is 4.79 Å². The van der Waals surface area contributed by atoms with Gasteiger partial charge in [0.25, 0.3) is 0 Å². The van der Waals surface area contributed by atoms with Crippen LogP contribution in [0.5, 0.6) is 5.75 Å². The van der Waals surface area contributed by atoms with Crippen LogP contribution in [0, 0.1) is 5.41 Å². The minimum absolute atomic E-state index is 0.117. The molecule has 0 aliphatic carbocycles. The first-order chi connectivity index (χ1) is 13.3. The Morgan fingerprint density at radius 1 is 1.00 bits per heavy atom. The first-order valence-corrected chi connectivity index (χ1v) is 9.51. The monoisotopic (exact) mass is 383 g/mol. The van der Waals surface area contributed by atoms with Crippen LogP contribution in [0.4, 0.5) is 0 Å². The van der Waals surface area contributed by atoms with Gasteiger partial charge >= 0.3 is 5.97 Å². The molecule has 1 amide bonds. The van der Waals surface area contributed by atoms with E-state index in [4.69, 9.17) is 9.84 Å². The molecule has 0 aliphatic heterocycles. The van der Waals surface area contributed by atoms with E-state index in [2.05, 4.69) is 12.1 Å². The number of carboxylic acid groups (broad SMARTS) is 1. The standard InChI is InChI=1S/C23H29NO4/c1-23(2,15-7-10-18-8-5-4-6-9-18)22(27)24(3)16-19-11-13-20(14-12-19)28-17-21(25)26/h4-6,8-9,11-14H,7,10,15-17H2,1-3H3,(H,25,26). The summed E-state index contributed by atoms with van der Waals surface area (Å²) in [6.07, 6.45) is 2.76. The zero-order valence-electron chi connectivity index (χ0n) is 16.9. The smallest absolute Gasteiger partial charge is 0.341 e. The molecule has 0 saturated heterocycles. The lowest BCUT2D eigenvalue weighted by molar-refractivity contribution is -0.140. The van der Waals surface area contributed by atoms with E-state index in [9.17, 15) is 9.59 Å². The summed E-state index contributed by atoms with van der Waals surface area (Å²) in [7, 11) is 1.82. The average molecular weight is 383 g/mol. The number of aliphatic carboxylic acids is 1. The van der Waals surface area contributed by atoms with E-state index in [0.717, 1.165) is 24.8 Å². The Labute approximate surface area is 166 Å². The summed E-state index contributed by atoms with van der Waals surface area (Å²) in [5.74, 6) is -0.392. The molecule has 0 heterocycles. The van der Waals surface area contributed by atoms with E-state index in [1.807, 2.05) is 51.2 Å². The molecular weight excluding hydrogens is 354 g/mol. The van der Waals surface area contributed by atoms with Crippen molar-refractivity contribution in [2.75, 3.05) is 13.7 Å². The van der Waals surface area contributed by atoms with Crippen LogP contribution in [0.3, 0.4) is 0 Å². The summed E-state index contributed by atoms with van der Waals surface area (Å²) in [6, 6.07) is 17.5. The molecule has 2 aromatic rings. The molecule has 1 N–H and O–H groups in total. The highest BCUT2D eigenvalue weighted by molar-refractivity contribution is 5.81. The minimum atomic E-state index is -1.01. The number of aryl methyl sites for hydroxylation is 1. The SMILES string of the molecule is CN(Cc1ccc(OCC(=O)O)cc1)C(=O)C(C)(C)CCCc1ccccc1. The van der Waals surface area contributed by atoms with Gasteiger partial charge in [0, 0.05) is 19.0 Å². The second kappa shape index (κ2) is 9.93. The predicted molar refractivity (Wildman–Crippen MR) is 109 cm³/mol. The summed E-state index contributed by atoms with van der Waals surface area (Å²) in [4.78, 5) is 25.2. The molecule has 0 aliphatic rings. The molecule has 2 aromatic carbocycles. The van der Waals surface area contributed by atoms with Crippen LogP contribution in [0.15, 0.2) is 54.6 Å². The third kappa shape index (κ3) is 6.72. The van der Waals surface area contributed by atoms with Crippen LogP contribution in [-0.2, 0) is 22.6 Å². The fraction of sp³-hybridized carbons (Fsp3) is 0.391. The fourth-order valence-corrected chi connectivity index (χ4v) is 3.18. The second-order valence-corrected chi connectivity index (χ2v) is 7.71. The van der Waals surface area contributed by atoms with Crippen LogP contribution in [-0.4, -0.2) is 35.5 Å². The highest BCUT2D eigenvalue weighted by atomic mass is 16.5. The number of ether oxygens (including phenoxy) is 1. The Kier molecular flexibility index (Phi) is 7.61. The van der Waals surface area contributed by atoms with Gasteiger partial charge in [0.1, 0.15) is 5.75 Å². The van der Waals surface area contributed by atoms with Crippen LogP contribution < -0.4 is 4.74 Å². The van der Waals surface area contributed by atoms with Gasteiger partial charge in [0.15, 0.2) is 6.61 Å². The van der Waals surface area contributed by atoms with Crippen molar-refractivity contribution < 1.29 is 19.4 Å². The van der Waals surface area contributed by atoms with Gasteiger partial charge in [-0.05, 0) is 42.5 Å². The molecule has 0 bridgehead atoms. The molecule has 0 radical (unpaired) electrons. The number of rotatable bonds is 10. The van der Waals surface area contributed by atoms with Crippen molar-refractivity contribution in [2.45, 2.75) is 39.7 Å². The Morgan fingerprint density at radius 2 is 1.64 bits per heavy atom. The number of hydrogen-bond donors (Lipinski definition) is 1. The van der Waals surface area contributed by atoms with Crippen molar-refractivity contribution in [1.82, 2.24) is 4.90 Å². The van der Waals surface area contributed by atoms with Gasteiger partial charge in [0.05, 0.1) is 0 Å². The summed E-state index contributed by atoms with van der Waals surface area (Å²) >= 11 is 0. The zero-order valence-corrected chi connectivity index (χ0v) is 16.9. The first-order valence-electron chi connectivity index (χ1n) is 9.51. The molecule has 5 nitrogen and oxygen atoms in total. The lowest BCUT2D eigenvalue weighted by Crippen LogP contribution is -2.38. The van der Waals surface area contributed by atoms with Crippen LogP contribution in [0.2, 0.25) is 0 Å². The number of benzene rings is 2. The Bertz CT molecular complexity index is 769. The fourth-order valence-electron chi connectivity index (χ4n) is 3.18. The molecule has 0 saturated carbocycles. The van der Waals surface area contributed by atoms with Gasteiger partial charge in [0.2, 0.25) is 5.91 Å². The molecule has 5 heteroatoms. The summed E-state index contributed by atoms with van der Waals surface area (Å²) in [6.45, 7) is 4.13. The lowest BCUT2D eigenvalue weighted by atomic mass is 9.85. The zero-order chi connectivity index (χ0) is 20.6. The van der Waals surface area contributed by atoms with Gasteiger partial charge in [-0.2, -0.15) is 0 Å². The second-order valence-electron chi connectivity index (χ2n) is 7.71. The van der Waals surface area contributed by atoms with Crippen molar-refractivity contribution in [3.05, 3.63) is 65.7 Å². The highest BCUT2D eigenvalue weighted by Gasteiger charge is 2.29. The predicted octanol–water partition coefficient (Wildman–Crippen LogP) is 4.16. The molecule has 28 heavy (non-hydrogen) atoms. The van der Waals surface area contributed by atoms with E-state index in [0.29, 0.717) is 12.3 Å². The molecule has 2 rings (SSSR count). The third-order valence-electron chi connectivity index (χ3n) is 4.74. The van der Waals surface area contributed by atoms with E-state index < -0.39 is 11.4 Å².